The number of nitrogens with zero attached hydrogens (tertiary/aromatic N) is 14. The average Bonchev–Trinajstić information content (AvgIpc) is 1.57. The van der Waals surface area contributed by atoms with Crippen molar-refractivity contribution in [2.24, 2.45) is 0 Å². The van der Waals surface area contributed by atoms with E-state index in [0.29, 0.717) is 29.1 Å². The molecular weight excluding hydrogens is 1610 g/mol. The molecule has 0 aliphatic heterocycles. The van der Waals surface area contributed by atoms with Gasteiger partial charge >= 0.3 is 0 Å². The molecule has 0 spiro atoms. The quantitative estimate of drug-likeness (QED) is 0.105. The van der Waals surface area contributed by atoms with Crippen LogP contribution in [0.2, 0.25) is 0 Å². The van der Waals surface area contributed by atoms with Gasteiger partial charge in [-0.1, -0.05) is 291 Å². The first kappa shape index (κ1) is 74.1. The Labute approximate surface area is 755 Å². The van der Waals surface area contributed by atoms with Gasteiger partial charge in [-0.25, -0.2) is 34.9 Å². The Morgan fingerprint density at radius 2 is 0.515 bits per heavy atom. The van der Waals surface area contributed by atoms with Crippen molar-refractivity contribution in [3.63, 3.8) is 0 Å². The van der Waals surface area contributed by atoms with Gasteiger partial charge in [0, 0.05) is 104 Å². The zero-order valence-electron chi connectivity index (χ0n) is 70.8. The van der Waals surface area contributed by atoms with Gasteiger partial charge in [0.2, 0.25) is 11.9 Å². The maximum absolute atomic E-state index is 5.65. The summed E-state index contributed by atoms with van der Waals surface area (Å²) >= 11 is 0. The van der Waals surface area contributed by atoms with Crippen molar-refractivity contribution in [3.05, 3.63) is 437 Å². The van der Waals surface area contributed by atoms with Crippen LogP contribution < -0.4 is 0 Å². The maximum atomic E-state index is 5.65. The molecule has 132 heavy (non-hydrogen) atoms. The van der Waals surface area contributed by atoms with E-state index in [2.05, 4.69) is 434 Å². The smallest absolute Gasteiger partial charge is 0.237 e. The molecule has 27 rings (SSSR count). The first-order chi connectivity index (χ1) is 65.4. The van der Waals surface area contributed by atoms with Gasteiger partial charge in [-0.15, -0.1) is 0 Å². The third kappa shape index (κ3) is 11.8. The van der Waals surface area contributed by atoms with Crippen molar-refractivity contribution >= 4 is 131 Å². The normalized spacial score (nSPS) is 11.9. The molecule has 614 valence electrons. The molecule has 0 aliphatic carbocycles. The van der Waals surface area contributed by atoms with Gasteiger partial charge in [0.15, 0.2) is 5.82 Å². The van der Waals surface area contributed by atoms with Crippen molar-refractivity contribution in [1.82, 2.24) is 67.3 Å². The molecule has 0 unspecified atom stereocenters. The Hall–Kier alpha value is -18.1. The highest BCUT2D eigenvalue weighted by Crippen LogP contribution is 2.46. The molecule has 11 aromatic heterocycles. The summed E-state index contributed by atoms with van der Waals surface area (Å²) in [6, 6.07) is 151. The second kappa shape index (κ2) is 29.8. The van der Waals surface area contributed by atoms with Gasteiger partial charge in [-0.2, -0.15) is 4.98 Å². The van der Waals surface area contributed by atoms with Crippen LogP contribution in [-0.2, 0) is 0 Å². The van der Waals surface area contributed by atoms with Crippen LogP contribution in [0.3, 0.4) is 0 Å². The third-order valence-electron chi connectivity index (χ3n) is 26.4. The van der Waals surface area contributed by atoms with Crippen LogP contribution in [0.5, 0.6) is 0 Å². The Morgan fingerprint density at radius 1 is 0.159 bits per heavy atom. The van der Waals surface area contributed by atoms with Gasteiger partial charge in [0.05, 0.1) is 118 Å². The van der Waals surface area contributed by atoms with Crippen LogP contribution in [0.4, 0.5) is 0 Å². The van der Waals surface area contributed by atoms with Gasteiger partial charge in [-0.3, -0.25) is 18.3 Å². The summed E-state index contributed by atoms with van der Waals surface area (Å²) in [5.41, 5.74) is 28.1. The average molecular weight is 1690 g/mol. The van der Waals surface area contributed by atoms with Gasteiger partial charge < -0.3 is 9.13 Å². The molecule has 0 atom stereocenters. The minimum atomic E-state index is 0.529. The summed E-state index contributed by atoms with van der Waals surface area (Å²) in [6.45, 7) is 0. The van der Waals surface area contributed by atoms with Crippen LogP contribution >= 0.6 is 0 Å². The number of hydrogen-bond donors (Lipinski definition) is 0. The predicted molar refractivity (Wildman–Crippen MR) is 538 cm³/mol. The second-order valence-corrected chi connectivity index (χ2v) is 33.8. The van der Waals surface area contributed by atoms with Crippen LogP contribution in [0, 0.1) is 0 Å². The first-order valence-electron chi connectivity index (χ1n) is 44.4. The Kier molecular flexibility index (Phi) is 16.7. The molecule has 11 heterocycles. The van der Waals surface area contributed by atoms with Gasteiger partial charge in [0.1, 0.15) is 11.6 Å². The molecule has 14 heteroatoms. The minimum absolute atomic E-state index is 0.529. The molecule has 14 nitrogen and oxygen atoms in total. The summed E-state index contributed by atoms with van der Waals surface area (Å²) in [5, 5.41) is 13.5. The number of rotatable bonds is 14. The van der Waals surface area contributed by atoms with Crippen molar-refractivity contribution in [2.45, 2.75) is 0 Å². The lowest BCUT2D eigenvalue weighted by atomic mass is 9.99. The molecule has 16 aromatic carbocycles. The molecule has 0 bridgehead atoms. The number of benzene rings is 16. The topological polar surface area (TPSA) is 133 Å². The van der Waals surface area contributed by atoms with Crippen molar-refractivity contribution in [1.29, 1.82) is 0 Å². The summed E-state index contributed by atoms with van der Waals surface area (Å²) in [7, 11) is 0. The molecule has 0 aliphatic rings. The van der Waals surface area contributed by atoms with E-state index < -0.39 is 0 Å². The molecule has 0 saturated heterocycles. The summed E-state index contributed by atoms with van der Waals surface area (Å²) in [4.78, 5) is 43.9. The van der Waals surface area contributed by atoms with E-state index in [9.17, 15) is 0 Å². The molecule has 0 amide bonds. The predicted octanol–water partition coefficient (Wildman–Crippen LogP) is 28.8. The zero-order valence-corrected chi connectivity index (χ0v) is 70.8. The van der Waals surface area contributed by atoms with Crippen molar-refractivity contribution < 1.29 is 0 Å². The molecule has 0 radical (unpaired) electrons. The van der Waals surface area contributed by atoms with E-state index >= 15 is 0 Å². The largest absolute Gasteiger partial charge is 0.309 e. The van der Waals surface area contributed by atoms with Crippen LogP contribution in [0.1, 0.15) is 0 Å². The molecule has 0 N–H and O–H groups in total. The van der Waals surface area contributed by atoms with E-state index in [4.69, 9.17) is 39.9 Å². The molecule has 27 aromatic rings. The van der Waals surface area contributed by atoms with Gasteiger partial charge in [-0.05, 0) is 150 Å². The number of aromatic nitrogens is 14. The lowest BCUT2D eigenvalue weighted by molar-refractivity contribution is 0.952. The molecular formula is C118H72N14. The molecule has 0 saturated carbocycles. The Bertz CT molecular complexity index is 9250. The standard InChI is InChI=1S/C118H72N14/c1-4-28-73(29-5-1)97-68-95-94-67-78(58-63-111(94)132(115(95)114(122-97)76-32-8-3-9-33-76)117-119-71-83(72-120-117)128-103-47-20-12-38-86(103)87-39-13-21-48-104(87)128)77-34-26-35-81(64-77)116-123-98(74-30-6-2-7-31-74)69-100(124-116)96-44-27-53-112(121-96)129-107-51-24-16-42-90(107)92-65-79(56-61-109(92)129)80-57-62-110-93(66-80)91-43-17-25-52-108(91)131(110)118-125-99(70-113(126-118)130-105-49-22-14-40-88(105)89-41-15-23-50-106(89)130)75-54-59-82(60-55-75)127-101-45-18-10-36-84(101)85-37-11-19-46-102(85)127/h1-72H. The van der Waals surface area contributed by atoms with Crippen LogP contribution in [-0.4, -0.2) is 67.3 Å². The lowest BCUT2D eigenvalue weighted by Crippen LogP contribution is -2.07. The number of fused-ring (bicyclic) bond motifs is 18. The first-order valence-corrected chi connectivity index (χ1v) is 44.4. The zero-order chi connectivity index (χ0) is 86.6. The molecule has 0 fully saturated rings. The highest BCUT2D eigenvalue weighted by Gasteiger charge is 2.27. The summed E-state index contributed by atoms with van der Waals surface area (Å²) in [5.74, 6) is 3.19. The Morgan fingerprint density at radius 3 is 1.03 bits per heavy atom. The number of para-hydroxylation sites is 8. The van der Waals surface area contributed by atoms with Gasteiger partial charge in [0.25, 0.3) is 0 Å². The fraction of sp³-hybridized carbons (Fsp3) is 0. The fourth-order valence-corrected chi connectivity index (χ4v) is 20.4. The van der Waals surface area contributed by atoms with E-state index in [-0.39, 0.29) is 0 Å². The highest BCUT2D eigenvalue weighted by molar-refractivity contribution is 6.17. The minimum Gasteiger partial charge on any atom is -0.309 e. The van der Waals surface area contributed by atoms with Crippen LogP contribution in [0.25, 0.3) is 256 Å². The maximum Gasteiger partial charge on any atom is 0.237 e. The monoisotopic (exact) mass is 1680 g/mol. The van der Waals surface area contributed by atoms with Crippen LogP contribution in [0.15, 0.2) is 437 Å². The van der Waals surface area contributed by atoms with E-state index in [1.165, 1.54) is 21.5 Å². The number of pyridine rings is 2. The number of hydrogen-bond acceptors (Lipinski definition) is 8. The van der Waals surface area contributed by atoms with Crippen molar-refractivity contribution in [3.8, 4) is 125 Å². The SMILES string of the molecule is c1ccc(-c2cc(-c3cccc(-n4c5ccccc5c5cc(-c6ccc7c(c6)c6ccccc6n7-c6nc(-c7ccc(-n8c9ccccc9c9ccccc98)cc7)cc(-n7c8ccccc8c8ccccc87)n6)ccc54)n3)nc(-c3cccc(-c4ccc5c(c4)c4cc(-c6ccccc6)nc(-c6ccccc6)c4n5-c4ncc(-n5c6ccccc6c6ccccc65)cn4)c3)n2)cc1. The lowest BCUT2D eigenvalue weighted by Gasteiger charge is -2.14. The van der Waals surface area contributed by atoms with Crippen molar-refractivity contribution in [2.75, 3.05) is 0 Å². The summed E-state index contributed by atoms with van der Waals surface area (Å²) in [6.07, 6.45) is 3.88. The second-order valence-electron chi connectivity index (χ2n) is 33.8. The summed E-state index contributed by atoms with van der Waals surface area (Å²) < 4.78 is 13.6. The van der Waals surface area contributed by atoms with E-state index in [1.54, 1.807) is 0 Å². The fourth-order valence-electron chi connectivity index (χ4n) is 20.4. The highest BCUT2D eigenvalue weighted by atomic mass is 15.2. The Balaban J connectivity index is 0.553. The van der Waals surface area contributed by atoms with E-state index in [1.807, 2.05) is 30.6 Å². The third-order valence-corrected chi connectivity index (χ3v) is 26.4. The van der Waals surface area contributed by atoms with E-state index in [0.717, 1.165) is 205 Å².